The zero-order chi connectivity index (χ0) is 12.1. The molecule has 0 aliphatic rings. The highest BCUT2D eigenvalue weighted by Gasteiger charge is 2.08. The first-order valence-corrected chi connectivity index (χ1v) is 5.02. The fraction of sp³-hybridized carbons (Fsp3) is 0.0909. The van der Waals surface area contributed by atoms with Gasteiger partial charge in [-0.3, -0.25) is 9.78 Å². The van der Waals surface area contributed by atoms with E-state index in [1.165, 1.54) is 0 Å². The van der Waals surface area contributed by atoms with Crippen LogP contribution >= 0.6 is 0 Å². The minimum Gasteiger partial charge on any atom is -0.372 e. The van der Waals surface area contributed by atoms with Crippen molar-refractivity contribution in [3.8, 4) is 0 Å². The third kappa shape index (κ3) is 2.75. The highest BCUT2D eigenvalue weighted by atomic mass is 16.1. The molecule has 0 spiro atoms. The maximum atomic E-state index is 11.8. The number of hydrogen-bond donors (Lipinski definition) is 2. The molecule has 2 heterocycles. The maximum Gasteiger partial charge on any atom is 0.276 e. The van der Waals surface area contributed by atoms with Crippen molar-refractivity contribution < 1.29 is 4.79 Å². The molecular formula is C11H11N5O. The van der Waals surface area contributed by atoms with Crippen molar-refractivity contribution >= 4 is 17.4 Å². The van der Waals surface area contributed by atoms with Gasteiger partial charge < -0.3 is 10.6 Å². The molecule has 0 bridgehead atoms. The minimum atomic E-state index is -0.312. The van der Waals surface area contributed by atoms with Gasteiger partial charge in [0.2, 0.25) is 0 Å². The number of nitrogens with one attached hydrogen (secondary N) is 2. The molecule has 2 aromatic heterocycles. The van der Waals surface area contributed by atoms with Crippen molar-refractivity contribution in [3.63, 3.8) is 0 Å². The molecule has 2 rings (SSSR count). The standard InChI is InChI=1S/C11H11N5O/c1-12-10-5-4-9(15-16-10)11(17)14-8-3-2-6-13-7-8/h2-7H,1H3,(H,12,16)(H,14,17). The second kappa shape index (κ2) is 5.02. The Morgan fingerprint density at radius 2 is 2.12 bits per heavy atom. The lowest BCUT2D eigenvalue weighted by molar-refractivity contribution is 0.102. The summed E-state index contributed by atoms with van der Waals surface area (Å²) in [5.74, 6) is 0.302. The van der Waals surface area contributed by atoms with Gasteiger partial charge in [0.25, 0.3) is 5.91 Å². The molecule has 0 aliphatic heterocycles. The molecule has 2 aromatic rings. The van der Waals surface area contributed by atoms with Gasteiger partial charge in [0.05, 0.1) is 11.9 Å². The molecule has 2 N–H and O–H groups in total. The Morgan fingerprint density at radius 1 is 1.24 bits per heavy atom. The quantitative estimate of drug-likeness (QED) is 0.825. The van der Waals surface area contributed by atoms with Gasteiger partial charge in [-0.1, -0.05) is 0 Å². The number of amides is 1. The summed E-state index contributed by atoms with van der Waals surface area (Å²) in [5, 5.41) is 13.1. The zero-order valence-corrected chi connectivity index (χ0v) is 9.21. The Labute approximate surface area is 98.1 Å². The number of hydrogen-bond acceptors (Lipinski definition) is 5. The molecule has 6 heteroatoms. The highest BCUT2D eigenvalue weighted by Crippen LogP contribution is 2.06. The number of carbonyl (C=O) groups is 1. The van der Waals surface area contributed by atoms with E-state index >= 15 is 0 Å². The fourth-order valence-corrected chi connectivity index (χ4v) is 1.22. The van der Waals surface area contributed by atoms with E-state index in [2.05, 4.69) is 25.8 Å². The van der Waals surface area contributed by atoms with Gasteiger partial charge in [-0.2, -0.15) is 0 Å². The molecule has 17 heavy (non-hydrogen) atoms. The summed E-state index contributed by atoms with van der Waals surface area (Å²) in [6.07, 6.45) is 3.20. The first-order chi connectivity index (χ1) is 8.29. The first-order valence-electron chi connectivity index (χ1n) is 5.02. The van der Waals surface area contributed by atoms with Gasteiger partial charge in [0, 0.05) is 13.2 Å². The molecule has 0 saturated heterocycles. The summed E-state index contributed by atoms with van der Waals surface area (Å²) < 4.78 is 0. The van der Waals surface area contributed by atoms with E-state index in [0.29, 0.717) is 11.5 Å². The summed E-state index contributed by atoms with van der Waals surface area (Å²) >= 11 is 0. The van der Waals surface area contributed by atoms with Crippen LogP contribution in [0.2, 0.25) is 0 Å². The number of aromatic nitrogens is 3. The van der Waals surface area contributed by atoms with Gasteiger partial charge in [0.15, 0.2) is 5.69 Å². The molecule has 1 amide bonds. The molecule has 0 aromatic carbocycles. The average molecular weight is 229 g/mol. The lowest BCUT2D eigenvalue weighted by atomic mass is 10.3. The van der Waals surface area contributed by atoms with E-state index in [9.17, 15) is 4.79 Å². The van der Waals surface area contributed by atoms with Crippen LogP contribution in [0.15, 0.2) is 36.7 Å². The monoisotopic (exact) mass is 229 g/mol. The third-order valence-electron chi connectivity index (χ3n) is 2.07. The van der Waals surface area contributed by atoms with Crippen molar-refractivity contribution in [1.82, 2.24) is 15.2 Å². The first kappa shape index (κ1) is 11.0. The average Bonchev–Trinajstić information content (AvgIpc) is 2.40. The van der Waals surface area contributed by atoms with Gasteiger partial charge in [0.1, 0.15) is 5.82 Å². The Kier molecular flexibility index (Phi) is 3.25. The topological polar surface area (TPSA) is 79.8 Å². The number of rotatable bonds is 3. The van der Waals surface area contributed by atoms with Crippen LogP contribution < -0.4 is 10.6 Å². The highest BCUT2D eigenvalue weighted by molar-refractivity contribution is 6.02. The smallest absolute Gasteiger partial charge is 0.276 e. The number of nitrogens with zero attached hydrogens (tertiary/aromatic N) is 3. The molecular weight excluding hydrogens is 218 g/mol. The Balaban J connectivity index is 2.09. The van der Waals surface area contributed by atoms with Crippen molar-refractivity contribution in [3.05, 3.63) is 42.4 Å². The van der Waals surface area contributed by atoms with Gasteiger partial charge in [-0.05, 0) is 24.3 Å². The summed E-state index contributed by atoms with van der Waals surface area (Å²) in [6.45, 7) is 0. The molecule has 0 unspecified atom stereocenters. The Bertz CT molecular complexity index is 497. The van der Waals surface area contributed by atoms with E-state index in [1.54, 1.807) is 43.7 Å². The maximum absolute atomic E-state index is 11.8. The number of carbonyl (C=O) groups excluding carboxylic acids is 1. The van der Waals surface area contributed by atoms with Crippen LogP contribution in [0.1, 0.15) is 10.5 Å². The van der Waals surface area contributed by atoms with Crippen LogP contribution in [0.5, 0.6) is 0 Å². The van der Waals surface area contributed by atoms with E-state index in [1.807, 2.05) is 0 Å². The van der Waals surface area contributed by atoms with Crippen molar-refractivity contribution in [2.24, 2.45) is 0 Å². The number of pyridine rings is 1. The largest absolute Gasteiger partial charge is 0.372 e. The molecule has 0 fully saturated rings. The van der Waals surface area contributed by atoms with Crippen LogP contribution in [0.3, 0.4) is 0 Å². The molecule has 0 radical (unpaired) electrons. The Hall–Kier alpha value is -2.50. The van der Waals surface area contributed by atoms with Crippen LogP contribution in [-0.2, 0) is 0 Å². The van der Waals surface area contributed by atoms with Crippen LogP contribution in [0.4, 0.5) is 11.5 Å². The third-order valence-corrected chi connectivity index (χ3v) is 2.07. The minimum absolute atomic E-state index is 0.257. The fourth-order valence-electron chi connectivity index (χ4n) is 1.22. The van der Waals surface area contributed by atoms with Crippen LogP contribution in [0, 0.1) is 0 Å². The molecule has 86 valence electrons. The van der Waals surface area contributed by atoms with Gasteiger partial charge in [-0.15, -0.1) is 10.2 Å². The van der Waals surface area contributed by atoms with E-state index in [4.69, 9.17) is 0 Å². The molecule has 0 saturated carbocycles. The predicted octanol–water partition coefficient (Wildman–Crippen LogP) is 1.17. The van der Waals surface area contributed by atoms with Crippen molar-refractivity contribution in [2.75, 3.05) is 17.7 Å². The summed E-state index contributed by atoms with van der Waals surface area (Å²) in [6, 6.07) is 6.78. The second-order valence-electron chi connectivity index (χ2n) is 3.25. The predicted molar refractivity (Wildman–Crippen MR) is 63.8 cm³/mol. The van der Waals surface area contributed by atoms with E-state index < -0.39 is 0 Å². The number of anilines is 2. The zero-order valence-electron chi connectivity index (χ0n) is 9.21. The van der Waals surface area contributed by atoms with Crippen LogP contribution in [-0.4, -0.2) is 28.1 Å². The van der Waals surface area contributed by atoms with Gasteiger partial charge in [-0.25, -0.2) is 0 Å². The Morgan fingerprint density at radius 3 is 2.71 bits per heavy atom. The normalized spacial score (nSPS) is 9.71. The van der Waals surface area contributed by atoms with E-state index in [-0.39, 0.29) is 11.6 Å². The summed E-state index contributed by atoms with van der Waals surface area (Å²) in [7, 11) is 1.74. The lowest BCUT2D eigenvalue weighted by Crippen LogP contribution is -2.14. The van der Waals surface area contributed by atoms with Crippen molar-refractivity contribution in [1.29, 1.82) is 0 Å². The molecule has 0 aliphatic carbocycles. The molecule has 0 atom stereocenters. The van der Waals surface area contributed by atoms with Gasteiger partial charge >= 0.3 is 0 Å². The summed E-state index contributed by atoms with van der Waals surface area (Å²) in [5.41, 5.74) is 0.879. The summed E-state index contributed by atoms with van der Waals surface area (Å²) in [4.78, 5) is 15.6. The van der Waals surface area contributed by atoms with Crippen molar-refractivity contribution in [2.45, 2.75) is 0 Å². The SMILES string of the molecule is CNc1ccc(C(=O)Nc2cccnc2)nn1. The lowest BCUT2D eigenvalue weighted by Gasteiger charge is -2.03. The van der Waals surface area contributed by atoms with Crippen LogP contribution in [0.25, 0.3) is 0 Å². The van der Waals surface area contributed by atoms with E-state index in [0.717, 1.165) is 0 Å². The molecule has 6 nitrogen and oxygen atoms in total. The second-order valence-corrected chi connectivity index (χ2v) is 3.25.